The molecule has 2 heterocycles. The predicted molar refractivity (Wildman–Crippen MR) is 87.6 cm³/mol. The first kappa shape index (κ1) is 16.3. The Morgan fingerprint density at radius 1 is 1.29 bits per heavy atom. The van der Waals surface area contributed by atoms with Gasteiger partial charge in [-0.05, 0) is 30.2 Å². The van der Waals surface area contributed by atoms with Crippen molar-refractivity contribution < 1.29 is 9.18 Å². The molecule has 2 atom stereocenters. The van der Waals surface area contributed by atoms with Crippen LogP contribution in [0.1, 0.15) is 23.7 Å². The molecule has 1 saturated heterocycles. The average Bonchev–Trinajstić information content (AvgIpc) is 2.61. The van der Waals surface area contributed by atoms with Gasteiger partial charge in [0.2, 0.25) is 0 Å². The van der Waals surface area contributed by atoms with Gasteiger partial charge in [0.1, 0.15) is 11.6 Å². The monoisotopic (exact) mass is 329 g/mol. The summed E-state index contributed by atoms with van der Waals surface area (Å²) in [6, 6.07) is 7.80. The maximum Gasteiger partial charge on any atom is 0.317 e. The SMILES string of the molecule is N[C@@H]1CN(C(=O)NCc2ncccn2)CC[C@H]1c1ccc(F)cc1. The fourth-order valence-corrected chi connectivity index (χ4v) is 2.98. The number of rotatable bonds is 3. The Hall–Kier alpha value is -2.54. The Kier molecular flexibility index (Phi) is 5.00. The molecule has 3 rings (SSSR count). The fourth-order valence-electron chi connectivity index (χ4n) is 2.98. The van der Waals surface area contributed by atoms with Crippen molar-refractivity contribution in [2.45, 2.75) is 24.9 Å². The topological polar surface area (TPSA) is 84.1 Å². The van der Waals surface area contributed by atoms with E-state index in [2.05, 4.69) is 15.3 Å². The van der Waals surface area contributed by atoms with E-state index in [1.807, 2.05) is 0 Å². The molecular weight excluding hydrogens is 309 g/mol. The molecule has 1 aromatic heterocycles. The summed E-state index contributed by atoms with van der Waals surface area (Å²) < 4.78 is 13.0. The molecule has 0 bridgehead atoms. The number of hydrogen-bond acceptors (Lipinski definition) is 4. The Labute approximate surface area is 139 Å². The maximum atomic E-state index is 13.0. The summed E-state index contributed by atoms with van der Waals surface area (Å²) in [6.07, 6.45) is 4.03. The number of amides is 2. The number of nitrogens with one attached hydrogen (secondary N) is 1. The first-order valence-corrected chi connectivity index (χ1v) is 7.93. The molecule has 2 aromatic rings. The molecule has 0 unspecified atom stereocenters. The van der Waals surface area contributed by atoms with Crippen LogP contribution in [0.25, 0.3) is 0 Å². The summed E-state index contributed by atoms with van der Waals surface area (Å²) in [7, 11) is 0. The van der Waals surface area contributed by atoms with Gasteiger partial charge in [0.15, 0.2) is 0 Å². The van der Waals surface area contributed by atoms with Gasteiger partial charge in [-0.1, -0.05) is 12.1 Å². The molecule has 24 heavy (non-hydrogen) atoms. The zero-order chi connectivity index (χ0) is 16.9. The van der Waals surface area contributed by atoms with Crippen LogP contribution < -0.4 is 11.1 Å². The van der Waals surface area contributed by atoms with Crippen molar-refractivity contribution >= 4 is 6.03 Å². The zero-order valence-corrected chi connectivity index (χ0v) is 13.2. The number of benzene rings is 1. The molecule has 0 radical (unpaired) electrons. The highest BCUT2D eigenvalue weighted by Crippen LogP contribution is 2.27. The molecule has 126 valence electrons. The Morgan fingerprint density at radius 2 is 2.00 bits per heavy atom. The lowest BCUT2D eigenvalue weighted by atomic mass is 9.86. The van der Waals surface area contributed by atoms with Crippen LogP contribution in [0, 0.1) is 5.82 Å². The minimum Gasteiger partial charge on any atom is -0.331 e. The predicted octanol–water partition coefficient (Wildman–Crippen LogP) is 1.64. The molecule has 1 aromatic carbocycles. The lowest BCUT2D eigenvalue weighted by Gasteiger charge is -2.36. The molecule has 1 aliphatic heterocycles. The van der Waals surface area contributed by atoms with E-state index < -0.39 is 0 Å². The highest BCUT2D eigenvalue weighted by molar-refractivity contribution is 5.74. The number of hydrogen-bond donors (Lipinski definition) is 2. The van der Waals surface area contributed by atoms with Crippen LogP contribution >= 0.6 is 0 Å². The van der Waals surface area contributed by atoms with E-state index in [-0.39, 0.29) is 30.4 Å². The molecule has 7 heteroatoms. The van der Waals surface area contributed by atoms with Gasteiger partial charge in [0, 0.05) is 37.4 Å². The van der Waals surface area contributed by atoms with Crippen molar-refractivity contribution in [1.82, 2.24) is 20.2 Å². The van der Waals surface area contributed by atoms with Gasteiger partial charge in [-0.3, -0.25) is 0 Å². The van der Waals surface area contributed by atoms with Gasteiger partial charge in [0.05, 0.1) is 6.54 Å². The summed E-state index contributed by atoms with van der Waals surface area (Å²) in [6.45, 7) is 1.35. The number of urea groups is 1. The first-order chi connectivity index (χ1) is 11.6. The summed E-state index contributed by atoms with van der Waals surface area (Å²) >= 11 is 0. The number of carbonyl (C=O) groups excluding carboxylic acids is 1. The lowest BCUT2D eigenvalue weighted by Crippen LogP contribution is -2.52. The van der Waals surface area contributed by atoms with Crippen LogP contribution in [0.2, 0.25) is 0 Å². The van der Waals surface area contributed by atoms with Gasteiger partial charge in [-0.25, -0.2) is 19.2 Å². The van der Waals surface area contributed by atoms with Crippen LogP contribution in [0.4, 0.5) is 9.18 Å². The third-order valence-electron chi connectivity index (χ3n) is 4.26. The number of nitrogens with zero attached hydrogens (tertiary/aromatic N) is 3. The van der Waals surface area contributed by atoms with Crippen LogP contribution in [-0.4, -0.2) is 40.0 Å². The molecule has 6 nitrogen and oxygen atoms in total. The van der Waals surface area contributed by atoms with Crippen molar-refractivity contribution in [1.29, 1.82) is 0 Å². The van der Waals surface area contributed by atoms with Gasteiger partial charge in [-0.2, -0.15) is 0 Å². The number of halogens is 1. The summed E-state index contributed by atoms with van der Waals surface area (Å²) in [4.78, 5) is 22.1. The molecule has 0 aliphatic carbocycles. The largest absolute Gasteiger partial charge is 0.331 e. The van der Waals surface area contributed by atoms with Crippen molar-refractivity contribution in [3.05, 3.63) is 59.9 Å². The standard InChI is InChI=1S/C17H20FN5O/c18-13-4-2-12(3-5-13)14-6-9-23(11-15(14)19)17(24)22-10-16-20-7-1-8-21-16/h1-5,7-8,14-15H,6,9-11,19H2,(H,22,24)/t14-,15+/m0/s1. The third kappa shape index (κ3) is 3.86. The van der Waals surface area contributed by atoms with Gasteiger partial charge in [0.25, 0.3) is 0 Å². The van der Waals surface area contributed by atoms with Crippen molar-refractivity contribution in [3.8, 4) is 0 Å². The van der Waals surface area contributed by atoms with E-state index in [9.17, 15) is 9.18 Å². The number of aromatic nitrogens is 2. The van der Waals surface area contributed by atoms with E-state index in [0.29, 0.717) is 18.9 Å². The van der Waals surface area contributed by atoms with E-state index >= 15 is 0 Å². The van der Waals surface area contributed by atoms with Crippen LogP contribution in [-0.2, 0) is 6.54 Å². The number of likely N-dealkylation sites (tertiary alicyclic amines) is 1. The van der Waals surface area contributed by atoms with E-state index in [4.69, 9.17) is 5.73 Å². The number of nitrogens with two attached hydrogens (primary N) is 1. The fraction of sp³-hybridized carbons (Fsp3) is 0.353. The molecule has 0 spiro atoms. The lowest BCUT2D eigenvalue weighted by molar-refractivity contribution is 0.172. The smallest absolute Gasteiger partial charge is 0.317 e. The molecule has 0 saturated carbocycles. The molecule has 1 aliphatic rings. The summed E-state index contributed by atoms with van der Waals surface area (Å²) in [5.41, 5.74) is 7.26. The highest BCUT2D eigenvalue weighted by Gasteiger charge is 2.30. The number of carbonyl (C=O) groups is 1. The second kappa shape index (κ2) is 7.35. The Balaban J connectivity index is 1.54. The van der Waals surface area contributed by atoms with Crippen molar-refractivity contribution in [2.24, 2.45) is 5.73 Å². The zero-order valence-electron chi connectivity index (χ0n) is 13.2. The van der Waals surface area contributed by atoms with Crippen LogP contribution in [0.15, 0.2) is 42.7 Å². The second-order valence-corrected chi connectivity index (χ2v) is 5.88. The molecular formula is C17H20FN5O. The average molecular weight is 329 g/mol. The molecule has 1 fully saturated rings. The van der Waals surface area contributed by atoms with E-state index in [0.717, 1.165) is 12.0 Å². The van der Waals surface area contributed by atoms with E-state index in [1.54, 1.807) is 35.5 Å². The minimum absolute atomic E-state index is 0.132. The minimum atomic E-state index is -0.257. The van der Waals surface area contributed by atoms with Gasteiger partial charge < -0.3 is 16.0 Å². The summed E-state index contributed by atoms with van der Waals surface area (Å²) in [5.74, 6) is 0.440. The third-order valence-corrected chi connectivity index (χ3v) is 4.26. The van der Waals surface area contributed by atoms with Crippen LogP contribution in [0.5, 0.6) is 0 Å². The maximum absolute atomic E-state index is 13.0. The Bertz CT molecular complexity index is 679. The van der Waals surface area contributed by atoms with Gasteiger partial charge >= 0.3 is 6.03 Å². The van der Waals surface area contributed by atoms with Crippen molar-refractivity contribution in [2.75, 3.05) is 13.1 Å². The highest BCUT2D eigenvalue weighted by atomic mass is 19.1. The first-order valence-electron chi connectivity index (χ1n) is 7.93. The summed E-state index contributed by atoms with van der Waals surface area (Å²) in [5, 5.41) is 2.81. The normalized spacial score (nSPS) is 20.7. The Morgan fingerprint density at radius 3 is 2.67 bits per heavy atom. The van der Waals surface area contributed by atoms with Crippen LogP contribution in [0.3, 0.4) is 0 Å². The van der Waals surface area contributed by atoms with Crippen molar-refractivity contribution in [3.63, 3.8) is 0 Å². The second-order valence-electron chi connectivity index (χ2n) is 5.88. The van der Waals surface area contributed by atoms with Gasteiger partial charge in [-0.15, -0.1) is 0 Å². The number of piperidine rings is 1. The van der Waals surface area contributed by atoms with E-state index in [1.165, 1.54) is 12.1 Å². The molecule has 2 amide bonds. The quantitative estimate of drug-likeness (QED) is 0.897. The molecule has 3 N–H and O–H groups in total.